The van der Waals surface area contributed by atoms with Crippen LogP contribution >= 0.6 is 11.6 Å². The van der Waals surface area contributed by atoms with Gasteiger partial charge >= 0.3 is 6.36 Å². The SMILES string of the molecule is CC1(C)C=C(c2c(F)cccc2Cl)Oc2cc(-c3cccc(OC(F)(F)F)c3)ccc21. The van der Waals surface area contributed by atoms with Crippen LogP contribution in [0.1, 0.15) is 25.0 Å². The van der Waals surface area contributed by atoms with Gasteiger partial charge in [-0.15, -0.1) is 13.2 Å². The molecule has 1 aliphatic rings. The van der Waals surface area contributed by atoms with Crippen molar-refractivity contribution in [3.63, 3.8) is 0 Å². The minimum absolute atomic E-state index is 0.161. The fourth-order valence-corrected chi connectivity index (χ4v) is 3.86. The highest BCUT2D eigenvalue weighted by atomic mass is 35.5. The molecule has 2 nitrogen and oxygen atoms in total. The molecule has 160 valence electrons. The molecular weight excluding hydrogens is 432 g/mol. The van der Waals surface area contributed by atoms with Crippen LogP contribution in [0.4, 0.5) is 17.6 Å². The van der Waals surface area contributed by atoms with Crippen LogP contribution in [0.25, 0.3) is 16.9 Å². The molecule has 3 aromatic carbocycles. The van der Waals surface area contributed by atoms with Gasteiger partial charge in [-0.05, 0) is 47.5 Å². The third kappa shape index (κ3) is 4.39. The number of allylic oxidation sites excluding steroid dienone is 1. The van der Waals surface area contributed by atoms with Crippen molar-refractivity contribution < 1.29 is 27.0 Å². The maximum atomic E-state index is 14.5. The maximum Gasteiger partial charge on any atom is 0.573 e. The monoisotopic (exact) mass is 448 g/mol. The topological polar surface area (TPSA) is 18.5 Å². The van der Waals surface area contributed by atoms with Crippen LogP contribution in [0, 0.1) is 5.82 Å². The second-order valence-electron chi connectivity index (χ2n) is 7.72. The summed E-state index contributed by atoms with van der Waals surface area (Å²) in [5.74, 6) is -0.0674. The molecule has 0 aromatic heterocycles. The summed E-state index contributed by atoms with van der Waals surface area (Å²) in [5, 5.41) is 0.221. The molecule has 0 saturated carbocycles. The van der Waals surface area contributed by atoms with E-state index in [0.717, 1.165) is 5.56 Å². The lowest BCUT2D eigenvalue weighted by Crippen LogP contribution is -2.21. The number of hydrogen-bond donors (Lipinski definition) is 0. The van der Waals surface area contributed by atoms with Crippen LogP contribution in [0.2, 0.25) is 5.02 Å². The minimum Gasteiger partial charge on any atom is -0.457 e. The van der Waals surface area contributed by atoms with E-state index in [2.05, 4.69) is 4.74 Å². The second-order valence-corrected chi connectivity index (χ2v) is 8.12. The van der Waals surface area contributed by atoms with Gasteiger partial charge in [0.2, 0.25) is 0 Å². The Kier molecular flexibility index (Phi) is 5.21. The van der Waals surface area contributed by atoms with Gasteiger partial charge in [-0.1, -0.05) is 55.8 Å². The maximum absolute atomic E-state index is 14.5. The van der Waals surface area contributed by atoms with Crippen molar-refractivity contribution in [3.8, 4) is 22.6 Å². The summed E-state index contributed by atoms with van der Waals surface area (Å²) in [4.78, 5) is 0. The Morgan fingerprint density at radius 3 is 2.35 bits per heavy atom. The average Bonchev–Trinajstić information content (AvgIpc) is 2.66. The molecular formula is C24H17ClF4O2. The molecule has 0 N–H and O–H groups in total. The number of rotatable bonds is 3. The summed E-state index contributed by atoms with van der Waals surface area (Å²) in [6.45, 7) is 3.92. The molecule has 7 heteroatoms. The van der Waals surface area contributed by atoms with Crippen LogP contribution in [-0.2, 0) is 5.41 Å². The smallest absolute Gasteiger partial charge is 0.457 e. The first-order chi connectivity index (χ1) is 14.5. The molecule has 4 rings (SSSR count). The Morgan fingerprint density at radius 1 is 0.935 bits per heavy atom. The van der Waals surface area contributed by atoms with Crippen LogP contribution < -0.4 is 9.47 Å². The first-order valence-electron chi connectivity index (χ1n) is 9.39. The van der Waals surface area contributed by atoms with Crippen molar-refractivity contribution in [3.05, 3.63) is 88.7 Å². The van der Waals surface area contributed by atoms with Crippen LogP contribution in [0.3, 0.4) is 0 Å². The van der Waals surface area contributed by atoms with E-state index in [-0.39, 0.29) is 22.1 Å². The van der Waals surface area contributed by atoms with E-state index in [1.807, 2.05) is 19.9 Å². The number of alkyl halides is 3. The van der Waals surface area contributed by atoms with E-state index in [9.17, 15) is 17.6 Å². The molecule has 0 aliphatic carbocycles. The molecule has 1 heterocycles. The van der Waals surface area contributed by atoms with Gasteiger partial charge in [-0.2, -0.15) is 0 Å². The predicted molar refractivity (Wildman–Crippen MR) is 112 cm³/mol. The molecule has 0 spiro atoms. The first kappa shape index (κ1) is 21.2. The second kappa shape index (κ2) is 7.61. The third-order valence-corrected chi connectivity index (χ3v) is 5.31. The third-order valence-electron chi connectivity index (χ3n) is 5.00. The van der Waals surface area contributed by atoms with E-state index in [1.54, 1.807) is 30.3 Å². The van der Waals surface area contributed by atoms with E-state index < -0.39 is 17.6 Å². The molecule has 31 heavy (non-hydrogen) atoms. The number of ether oxygens (including phenoxy) is 2. The Labute approximate surface area is 181 Å². The van der Waals surface area contributed by atoms with Crippen molar-refractivity contribution in [1.29, 1.82) is 0 Å². The van der Waals surface area contributed by atoms with Crippen molar-refractivity contribution in [2.75, 3.05) is 0 Å². The molecule has 0 atom stereocenters. The average molecular weight is 449 g/mol. The zero-order valence-corrected chi connectivity index (χ0v) is 17.3. The molecule has 0 unspecified atom stereocenters. The zero-order valence-electron chi connectivity index (χ0n) is 16.6. The van der Waals surface area contributed by atoms with Gasteiger partial charge in [-0.25, -0.2) is 4.39 Å². The van der Waals surface area contributed by atoms with Crippen LogP contribution in [0.15, 0.2) is 66.7 Å². The molecule has 0 fully saturated rings. The van der Waals surface area contributed by atoms with Crippen molar-refractivity contribution in [2.24, 2.45) is 0 Å². The minimum atomic E-state index is -4.78. The first-order valence-corrected chi connectivity index (χ1v) is 9.77. The highest BCUT2D eigenvalue weighted by molar-refractivity contribution is 6.32. The highest BCUT2D eigenvalue weighted by Crippen LogP contribution is 2.44. The Hall–Kier alpha value is -2.99. The number of hydrogen-bond acceptors (Lipinski definition) is 2. The van der Waals surface area contributed by atoms with Gasteiger partial charge in [0.05, 0.1) is 10.6 Å². The lowest BCUT2D eigenvalue weighted by molar-refractivity contribution is -0.274. The standard InChI is InChI=1S/C24H17ClF4O2/c1-23(2)13-21(22-18(25)7-4-8-19(22)26)30-20-12-15(9-10-17(20)23)14-5-3-6-16(11-14)31-24(27,28)29/h3-13H,1-2H3. The lowest BCUT2D eigenvalue weighted by Gasteiger charge is -2.31. The molecule has 0 amide bonds. The summed E-state index contributed by atoms with van der Waals surface area (Å²) in [5.41, 5.74) is 1.67. The van der Waals surface area contributed by atoms with E-state index in [4.69, 9.17) is 16.3 Å². The lowest BCUT2D eigenvalue weighted by atomic mass is 9.80. The summed E-state index contributed by atoms with van der Waals surface area (Å²) in [6.07, 6.45) is -2.97. The van der Waals surface area contributed by atoms with E-state index in [1.165, 1.54) is 30.3 Å². The quantitative estimate of drug-likeness (QED) is 0.381. The summed E-state index contributed by atoms with van der Waals surface area (Å²) in [6, 6.07) is 15.4. The number of halogens is 5. The van der Waals surface area contributed by atoms with Crippen molar-refractivity contribution in [2.45, 2.75) is 25.6 Å². The van der Waals surface area contributed by atoms with Crippen molar-refractivity contribution in [1.82, 2.24) is 0 Å². The Bertz CT molecular complexity index is 1160. The van der Waals surface area contributed by atoms with E-state index in [0.29, 0.717) is 16.9 Å². The number of benzene rings is 3. The van der Waals surface area contributed by atoms with Crippen molar-refractivity contribution >= 4 is 17.4 Å². The Balaban J connectivity index is 1.75. The number of fused-ring (bicyclic) bond motifs is 1. The molecule has 0 radical (unpaired) electrons. The van der Waals surface area contributed by atoms with Crippen LogP contribution in [0.5, 0.6) is 11.5 Å². The molecule has 0 saturated heterocycles. The zero-order chi connectivity index (χ0) is 22.4. The molecule has 3 aromatic rings. The van der Waals surface area contributed by atoms with Gasteiger partial charge in [0, 0.05) is 11.0 Å². The fourth-order valence-electron chi connectivity index (χ4n) is 3.60. The Morgan fingerprint density at radius 2 is 1.65 bits per heavy atom. The largest absolute Gasteiger partial charge is 0.573 e. The summed E-state index contributed by atoms with van der Waals surface area (Å²) < 4.78 is 62.2. The normalized spacial score (nSPS) is 15.0. The van der Waals surface area contributed by atoms with Gasteiger partial charge in [0.1, 0.15) is 23.1 Å². The molecule has 1 aliphatic heterocycles. The van der Waals surface area contributed by atoms with E-state index >= 15 is 0 Å². The summed E-state index contributed by atoms with van der Waals surface area (Å²) in [7, 11) is 0. The van der Waals surface area contributed by atoms with Crippen LogP contribution in [-0.4, -0.2) is 6.36 Å². The van der Waals surface area contributed by atoms with Gasteiger partial charge < -0.3 is 9.47 Å². The summed E-state index contributed by atoms with van der Waals surface area (Å²) >= 11 is 6.21. The predicted octanol–water partition coefficient (Wildman–Crippen LogP) is 7.76. The van der Waals surface area contributed by atoms with Gasteiger partial charge in [0.25, 0.3) is 0 Å². The van der Waals surface area contributed by atoms with Gasteiger partial charge in [0.15, 0.2) is 0 Å². The van der Waals surface area contributed by atoms with Gasteiger partial charge in [-0.3, -0.25) is 0 Å². The fraction of sp³-hybridized carbons (Fsp3) is 0.167. The highest BCUT2D eigenvalue weighted by Gasteiger charge is 2.32. The molecule has 0 bridgehead atoms.